The standard InChI is InChI=1S/C22H18N2O2/c25-22(19-11-3-7-16-6-1-2-10-18(16)19)24-14-15-26-20-12-4-8-17-9-5-13-23-21(17)20/h1-13H,14-15H2,(H,24,25). The molecular weight excluding hydrogens is 324 g/mol. The van der Waals surface area contributed by atoms with Crippen LogP contribution in [0.25, 0.3) is 21.7 Å². The van der Waals surface area contributed by atoms with Crippen LogP contribution in [0.1, 0.15) is 10.4 Å². The molecule has 4 rings (SSSR count). The molecule has 0 bridgehead atoms. The van der Waals surface area contributed by atoms with Gasteiger partial charge in [0.1, 0.15) is 17.9 Å². The van der Waals surface area contributed by atoms with E-state index >= 15 is 0 Å². The number of amides is 1. The highest BCUT2D eigenvalue weighted by Crippen LogP contribution is 2.22. The highest BCUT2D eigenvalue weighted by molar-refractivity contribution is 6.07. The molecule has 0 aliphatic carbocycles. The summed E-state index contributed by atoms with van der Waals surface area (Å²) in [6.07, 6.45) is 1.75. The summed E-state index contributed by atoms with van der Waals surface area (Å²) in [6.45, 7) is 0.803. The lowest BCUT2D eigenvalue weighted by Crippen LogP contribution is -2.28. The third-order valence-corrected chi connectivity index (χ3v) is 4.28. The molecule has 0 fully saturated rings. The zero-order valence-corrected chi connectivity index (χ0v) is 14.2. The first kappa shape index (κ1) is 16.1. The summed E-state index contributed by atoms with van der Waals surface area (Å²) in [5, 5.41) is 5.96. The van der Waals surface area contributed by atoms with Gasteiger partial charge in [-0.1, -0.05) is 54.6 Å². The second-order valence-electron chi connectivity index (χ2n) is 5.96. The number of fused-ring (bicyclic) bond motifs is 2. The molecule has 4 nitrogen and oxygen atoms in total. The van der Waals surface area contributed by atoms with Crippen LogP contribution < -0.4 is 10.1 Å². The van der Waals surface area contributed by atoms with Crippen molar-refractivity contribution in [2.45, 2.75) is 0 Å². The Morgan fingerprint density at radius 2 is 1.65 bits per heavy atom. The minimum atomic E-state index is -0.0959. The van der Waals surface area contributed by atoms with Gasteiger partial charge in [0.05, 0.1) is 6.54 Å². The average molecular weight is 342 g/mol. The maximum absolute atomic E-state index is 12.5. The lowest BCUT2D eigenvalue weighted by atomic mass is 10.0. The summed E-state index contributed by atoms with van der Waals surface area (Å²) >= 11 is 0. The van der Waals surface area contributed by atoms with Crippen LogP contribution in [0, 0.1) is 0 Å². The molecule has 4 heteroatoms. The predicted molar refractivity (Wildman–Crippen MR) is 104 cm³/mol. The molecular formula is C22H18N2O2. The first-order valence-corrected chi connectivity index (χ1v) is 8.55. The van der Waals surface area contributed by atoms with Crippen LogP contribution in [-0.2, 0) is 0 Å². The number of nitrogens with one attached hydrogen (secondary N) is 1. The Labute approximate surface area is 151 Å². The molecule has 0 radical (unpaired) electrons. The van der Waals surface area contributed by atoms with E-state index in [4.69, 9.17) is 4.74 Å². The third kappa shape index (κ3) is 3.22. The Hall–Kier alpha value is -3.40. The van der Waals surface area contributed by atoms with Gasteiger partial charge in [0.2, 0.25) is 0 Å². The molecule has 0 atom stereocenters. The number of ether oxygens (including phenoxy) is 1. The Morgan fingerprint density at radius 1 is 0.885 bits per heavy atom. The fourth-order valence-electron chi connectivity index (χ4n) is 3.04. The number of carbonyl (C=O) groups is 1. The lowest BCUT2D eigenvalue weighted by molar-refractivity contribution is 0.0949. The van der Waals surface area contributed by atoms with Crippen molar-refractivity contribution in [3.63, 3.8) is 0 Å². The molecule has 0 saturated heterocycles. The van der Waals surface area contributed by atoms with Crippen molar-refractivity contribution in [1.29, 1.82) is 0 Å². The molecule has 4 aromatic rings. The third-order valence-electron chi connectivity index (χ3n) is 4.28. The van der Waals surface area contributed by atoms with Crippen LogP contribution in [0.2, 0.25) is 0 Å². The molecule has 1 aromatic heterocycles. The van der Waals surface area contributed by atoms with Crippen LogP contribution >= 0.6 is 0 Å². The van der Waals surface area contributed by atoms with Crippen molar-refractivity contribution in [2.24, 2.45) is 0 Å². The first-order valence-electron chi connectivity index (χ1n) is 8.55. The fraction of sp³-hybridized carbons (Fsp3) is 0.0909. The maximum Gasteiger partial charge on any atom is 0.252 e. The summed E-state index contributed by atoms with van der Waals surface area (Å²) < 4.78 is 5.82. The van der Waals surface area contributed by atoms with E-state index in [1.54, 1.807) is 6.20 Å². The van der Waals surface area contributed by atoms with Crippen LogP contribution in [0.15, 0.2) is 79.0 Å². The highest BCUT2D eigenvalue weighted by Gasteiger charge is 2.09. The van der Waals surface area contributed by atoms with Crippen molar-refractivity contribution in [1.82, 2.24) is 10.3 Å². The van der Waals surface area contributed by atoms with Gasteiger partial charge in [-0.15, -0.1) is 0 Å². The van der Waals surface area contributed by atoms with E-state index < -0.39 is 0 Å². The fourth-order valence-corrected chi connectivity index (χ4v) is 3.04. The Morgan fingerprint density at radius 3 is 2.62 bits per heavy atom. The number of para-hydroxylation sites is 1. The van der Waals surface area contributed by atoms with Gasteiger partial charge in [0.15, 0.2) is 0 Å². The molecule has 128 valence electrons. The molecule has 0 unspecified atom stereocenters. The van der Waals surface area contributed by atoms with Crippen LogP contribution in [-0.4, -0.2) is 24.0 Å². The molecule has 0 aliphatic heterocycles. The SMILES string of the molecule is O=C(NCCOc1cccc2cccnc12)c1cccc2ccccc12. The van der Waals surface area contributed by atoms with Gasteiger partial charge in [0.25, 0.3) is 5.91 Å². The summed E-state index contributed by atoms with van der Waals surface area (Å²) in [6, 6.07) is 23.3. The van der Waals surface area contributed by atoms with Crippen LogP contribution in [0.5, 0.6) is 5.75 Å². The van der Waals surface area contributed by atoms with Crippen molar-refractivity contribution >= 4 is 27.6 Å². The zero-order valence-electron chi connectivity index (χ0n) is 14.2. The van der Waals surface area contributed by atoms with Crippen LogP contribution in [0.4, 0.5) is 0 Å². The van der Waals surface area contributed by atoms with E-state index in [9.17, 15) is 4.79 Å². The second-order valence-corrected chi connectivity index (χ2v) is 5.96. The molecule has 0 saturated carbocycles. The van der Waals surface area contributed by atoms with Crippen molar-refractivity contribution < 1.29 is 9.53 Å². The van der Waals surface area contributed by atoms with E-state index in [-0.39, 0.29) is 5.91 Å². The number of benzene rings is 3. The van der Waals surface area contributed by atoms with Gasteiger partial charge >= 0.3 is 0 Å². The van der Waals surface area contributed by atoms with Gasteiger partial charge in [-0.3, -0.25) is 9.78 Å². The van der Waals surface area contributed by atoms with Crippen LogP contribution in [0.3, 0.4) is 0 Å². The molecule has 0 spiro atoms. The topological polar surface area (TPSA) is 51.2 Å². The number of rotatable bonds is 5. The average Bonchev–Trinajstić information content (AvgIpc) is 2.70. The molecule has 0 aliphatic rings. The Bertz CT molecular complexity index is 1070. The molecule has 1 heterocycles. The van der Waals surface area contributed by atoms with E-state index in [2.05, 4.69) is 10.3 Å². The second kappa shape index (κ2) is 7.23. The molecule has 26 heavy (non-hydrogen) atoms. The summed E-state index contributed by atoms with van der Waals surface area (Å²) in [5.74, 6) is 0.629. The van der Waals surface area contributed by atoms with E-state index in [0.29, 0.717) is 18.7 Å². The van der Waals surface area contributed by atoms with Gasteiger partial charge < -0.3 is 10.1 Å². The number of carbonyl (C=O) groups excluding carboxylic acids is 1. The highest BCUT2D eigenvalue weighted by atomic mass is 16.5. The van der Waals surface area contributed by atoms with Crippen molar-refractivity contribution in [3.8, 4) is 5.75 Å². The van der Waals surface area contributed by atoms with Crippen molar-refractivity contribution in [3.05, 3.63) is 84.6 Å². The summed E-state index contributed by atoms with van der Waals surface area (Å²) in [4.78, 5) is 16.9. The smallest absolute Gasteiger partial charge is 0.252 e. The van der Waals surface area contributed by atoms with E-state index in [1.165, 1.54) is 0 Å². The monoisotopic (exact) mass is 342 g/mol. The zero-order chi connectivity index (χ0) is 17.8. The minimum Gasteiger partial charge on any atom is -0.489 e. The number of hydrogen-bond acceptors (Lipinski definition) is 3. The van der Waals surface area contributed by atoms with E-state index in [0.717, 1.165) is 27.4 Å². The van der Waals surface area contributed by atoms with Crippen molar-refractivity contribution in [2.75, 3.05) is 13.2 Å². The quantitative estimate of drug-likeness (QED) is 0.553. The van der Waals surface area contributed by atoms with Gasteiger partial charge in [-0.25, -0.2) is 0 Å². The number of nitrogens with zero attached hydrogens (tertiary/aromatic N) is 1. The number of aromatic nitrogens is 1. The number of pyridine rings is 1. The Balaban J connectivity index is 1.41. The predicted octanol–water partition coefficient (Wildman–Crippen LogP) is 4.20. The van der Waals surface area contributed by atoms with Gasteiger partial charge in [-0.05, 0) is 29.0 Å². The molecule has 3 aromatic carbocycles. The maximum atomic E-state index is 12.5. The molecule has 1 amide bonds. The minimum absolute atomic E-state index is 0.0959. The normalized spacial score (nSPS) is 10.8. The number of hydrogen-bond donors (Lipinski definition) is 1. The Kier molecular flexibility index (Phi) is 4.48. The van der Waals surface area contributed by atoms with Gasteiger partial charge in [-0.2, -0.15) is 0 Å². The molecule has 1 N–H and O–H groups in total. The van der Waals surface area contributed by atoms with E-state index in [1.807, 2.05) is 72.8 Å². The summed E-state index contributed by atoms with van der Waals surface area (Å²) in [7, 11) is 0. The summed E-state index contributed by atoms with van der Waals surface area (Å²) in [5.41, 5.74) is 1.50. The largest absolute Gasteiger partial charge is 0.489 e. The first-order chi connectivity index (χ1) is 12.8. The lowest BCUT2D eigenvalue weighted by Gasteiger charge is -2.10. The van der Waals surface area contributed by atoms with Gasteiger partial charge in [0, 0.05) is 17.1 Å².